The summed E-state index contributed by atoms with van der Waals surface area (Å²) in [5.41, 5.74) is 1.99. The number of phenolic OH excluding ortho intramolecular Hbond substituents is 1. The van der Waals surface area contributed by atoms with Crippen molar-refractivity contribution in [2.45, 2.75) is 5.16 Å². The lowest BCUT2D eigenvalue weighted by Crippen LogP contribution is -2.14. The number of aromatic hydroxyl groups is 1. The molecule has 1 aromatic heterocycles. The molecule has 156 valence electrons. The van der Waals surface area contributed by atoms with Gasteiger partial charge in [0.05, 0.1) is 16.3 Å². The molecule has 0 atom stereocenters. The fourth-order valence-electron chi connectivity index (χ4n) is 2.91. The normalized spacial score (nSPS) is 10.8. The standard InChI is InChI=1S/C22H16BrClN4O2S/c23-17-11-10-14(12-18(17)24)25-20(30)13-31-22-27-26-21(16-8-4-5-9-19(16)29)28(22)15-6-2-1-3-7-15/h1-12,29H,13H2,(H,25,30). The monoisotopic (exact) mass is 514 g/mol. The summed E-state index contributed by atoms with van der Waals surface area (Å²) in [6.45, 7) is 0. The van der Waals surface area contributed by atoms with Crippen LogP contribution < -0.4 is 5.32 Å². The average Bonchev–Trinajstić information content (AvgIpc) is 3.19. The zero-order chi connectivity index (χ0) is 21.8. The third-order valence-electron chi connectivity index (χ3n) is 4.33. The fourth-order valence-corrected chi connectivity index (χ4v) is 4.09. The molecule has 0 aliphatic rings. The molecular formula is C22H16BrClN4O2S. The first-order valence-electron chi connectivity index (χ1n) is 9.20. The molecule has 4 aromatic rings. The molecule has 0 unspecified atom stereocenters. The van der Waals surface area contributed by atoms with E-state index in [2.05, 4.69) is 31.4 Å². The predicted octanol–water partition coefficient (Wildman–Crippen LogP) is 5.79. The minimum absolute atomic E-state index is 0.105. The van der Waals surface area contributed by atoms with Crippen molar-refractivity contribution in [2.75, 3.05) is 11.1 Å². The number of hydrogen-bond donors (Lipinski definition) is 2. The second-order valence-corrected chi connectivity index (χ2v) is 8.66. The van der Waals surface area contributed by atoms with Crippen LogP contribution in [0.1, 0.15) is 0 Å². The highest BCUT2D eigenvalue weighted by atomic mass is 79.9. The number of phenols is 1. The molecule has 9 heteroatoms. The largest absolute Gasteiger partial charge is 0.507 e. The number of thioether (sulfide) groups is 1. The van der Waals surface area contributed by atoms with Gasteiger partial charge in [-0.1, -0.05) is 53.7 Å². The molecule has 1 amide bonds. The number of nitrogens with zero attached hydrogens (tertiary/aromatic N) is 3. The van der Waals surface area contributed by atoms with Crippen LogP contribution in [0.15, 0.2) is 82.4 Å². The van der Waals surface area contributed by atoms with Gasteiger partial charge in [-0.25, -0.2) is 0 Å². The van der Waals surface area contributed by atoms with Crippen LogP contribution in [0.5, 0.6) is 5.75 Å². The summed E-state index contributed by atoms with van der Waals surface area (Å²) in [5, 5.41) is 22.7. The number of nitrogens with one attached hydrogen (secondary N) is 1. The van der Waals surface area contributed by atoms with E-state index in [0.29, 0.717) is 27.3 Å². The Bertz CT molecular complexity index is 1230. The van der Waals surface area contributed by atoms with E-state index in [-0.39, 0.29) is 17.4 Å². The molecule has 1 heterocycles. The van der Waals surface area contributed by atoms with E-state index in [9.17, 15) is 9.90 Å². The lowest BCUT2D eigenvalue weighted by Gasteiger charge is -2.11. The summed E-state index contributed by atoms with van der Waals surface area (Å²) in [5.74, 6) is 0.523. The van der Waals surface area contributed by atoms with E-state index in [1.165, 1.54) is 11.8 Å². The Hall–Kier alpha value is -2.81. The molecule has 0 aliphatic heterocycles. The molecule has 0 saturated heterocycles. The van der Waals surface area contributed by atoms with Gasteiger partial charge in [0.15, 0.2) is 11.0 Å². The van der Waals surface area contributed by atoms with Crippen molar-refractivity contribution in [3.8, 4) is 22.8 Å². The highest BCUT2D eigenvalue weighted by Gasteiger charge is 2.19. The van der Waals surface area contributed by atoms with Gasteiger partial charge in [0.25, 0.3) is 0 Å². The topological polar surface area (TPSA) is 80.0 Å². The van der Waals surface area contributed by atoms with E-state index in [4.69, 9.17) is 11.6 Å². The molecular weight excluding hydrogens is 500 g/mol. The Morgan fingerprint density at radius 2 is 1.81 bits per heavy atom. The quantitative estimate of drug-likeness (QED) is 0.318. The average molecular weight is 516 g/mol. The first-order valence-corrected chi connectivity index (χ1v) is 11.4. The lowest BCUT2D eigenvalue weighted by molar-refractivity contribution is -0.113. The third-order valence-corrected chi connectivity index (χ3v) is 6.49. The van der Waals surface area contributed by atoms with Crippen LogP contribution in [0.25, 0.3) is 17.1 Å². The van der Waals surface area contributed by atoms with Crippen LogP contribution in [0, 0.1) is 0 Å². The SMILES string of the molecule is O=C(CSc1nnc(-c2ccccc2O)n1-c1ccccc1)Nc1ccc(Br)c(Cl)c1. The Morgan fingerprint density at radius 3 is 2.55 bits per heavy atom. The fraction of sp³-hybridized carbons (Fsp3) is 0.0455. The molecule has 0 saturated carbocycles. The first kappa shape index (κ1) is 21.4. The van der Waals surface area contributed by atoms with Gasteiger partial charge in [-0.05, 0) is 58.4 Å². The van der Waals surface area contributed by atoms with Crippen molar-refractivity contribution in [3.63, 3.8) is 0 Å². The van der Waals surface area contributed by atoms with E-state index in [1.807, 2.05) is 41.0 Å². The minimum atomic E-state index is -0.199. The number of amides is 1. The third kappa shape index (κ3) is 4.92. The Labute approximate surface area is 196 Å². The zero-order valence-electron chi connectivity index (χ0n) is 16.0. The summed E-state index contributed by atoms with van der Waals surface area (Å²) >= 11 is 10.7. The van der Waals surface area contributed by atoms with E-state index in [0.717, 1.165) is 10.2 Å². The number of para-hydroxylation sites is 2. The van der Waals surface area contributed by atoms with Gasteiger partial charge in [-0.3, -0.25) is 9.36 Å². The summed E-state index contributed by atoms with van der Waals surface area (Å²) in [6.07, 6.45) is 0. The van der Waals surface area contributed by atoms with Crippen LogP contribution in [0.4, 0.5) is 5.69 Å². The second-order valence-electron chi connectivity index (χ2n) is 6.46. The van der Waals surface area contributed by atoms with Crippen LogP contribution in [-0.2, 0) is 4.79 Å². The number of hydrogen-bond acceptors (Lipinski definition) is 5. The van der Waals surface area contributed by atoms with Crippen molar-refractivity contribution >= 4 is 50.9 Å². The van der Waals surface area contributed by atoms with Gasteiger partial charge in [-0.15, -0.1) is 10.2 Å². The molecule has 2 N–H and O–H groups in total. The van der Waals surface area contributed by atoms with Crippen molar-refractivity contribution in [2.24, 2.45) is 0 Å². The number of carbonyl (C=O) groups excluding carboxylic acids is 1. The van der Waals surface area contributed by atoms with E-state index in [1.54, 1.807) is 36.4 Å². The van der Waals surface area contributed by atoms with Crippen LogP contribution >= 0.6 is 39.3 Å². The van der Waals surface area contributed by atoms with Gasteiger partial charge >= 0.3 is 0 Å². The Kier molecular flexibility index (Phi) is 6.60. The number of anilines is 1. The molecule has 0 aliphatic carbocycles. The first-order chi connectivity index (χ1) is 15.0. The zero-order valence-corrected chi connectivity index (χ0v) is 19.2. The van der Waals surface area contributed by atoms with E-state index < -0.39 is 0 Å². The van der Waals surface area contributed by atoms with Crippen molar-refractivity contribution in [1.82, 2.24) is 14.8 Å². The van der Waals surface area contributed by atoms with Gasteiger partial charge in [0, 0.05) is 15.8 Å². The van der Waals surface area contributed by atoms with Crippen LogP contribution in [0.2, 0.25) is 5.02 Å². The van der Waals surface area contributed by atoms with Gasteiger partial charge < -0.3 is 10.4 Å². The predicted molar refractivity (Wildman–Crippen MR) is 127 cm³/mol. The molecule has 4 rings (SSSR count). The van der Waals surface area contributed by atoms with Crippen molar-refractivity contribution in [1.29, 1.82) is 0 Å². The Balaban J connectivity index is 1.59. The maximum Gasteiger partial charge on any atom is 0.234 e. The summed E-state index contributed by atoms with van der Waals surface area (Å²) < 4.78 is 2.58. The molecule has 31 heavy (non-hydrogen) atoms. The molecule has 0 spiro atoms. The highest BCUT2D eigenvalue weighted by molar-refractivity contribution is 9.10. The number of aromatic nitrogens is 3. The van der Waals surface area contributed by atoms with Crippen LogP contribution in [0.3, 0.4) is 0 Å². The number of benzene rings is 3. The minimum Gasteiger partial charge on any atom is -0.507 e. The van der Waals surface area contributed by atoms with Gasteiger partial charge in [0.2, 0.25) is 5.91 Å². The van der Waals surface area contributed by atoms with Gasteiger partial charge in [0.1, 0.15) is 5.75 Å². The maximum absolute atomic E-state index is 12.5. The number of carbonyl (C=O) groups is 1. The summed E-state index contributed by atoms with van der Waals surface area (Å²) in [7, 11) is 0. The lowest BCUT2D eigenvalue weighted by atomic mass is 10.2. The van der Waals surface area contributed by atoms with E-state index >= 15 is 0 Å². The number of rotatable bonds is 6. The second kappa shape index (κ2) is 9.55. The van der Waals surface area contributed by atoms with Crippen molar-refractivity contribution in [3.05, 3.63) is 82.3 Å². The molecule has 0 bridgehead atoms. The summed E-state index contributed by atoms with van der Waals surface area (Å²) in [6, 6.07) is 21.7. The number of halogens is 2. The summed E-state index contributed by atoms with van der Waals surface area (Å²) in [4.78, 5) is 12.5. The Morgan fingerprint density at radius 1 is 1.06 bits per heavy atom. The molecule has 6 nitrogen and oxygen atoms in total. The molecule has 3 aromatic carbocycles. The smallest absolute Gasteiger partial charge is 0.234 e. The molecule has 0 fully saturated rings. The van der Waals surface area contributed by atoms with Crippen molar-refractivity contribution < 1.29 is 9.90 Å². The molecule has 0 radical (unpaired) electrons. The maximum atomic E-state index is 12.5. The van der Waals surface area contributed by atoms with Crippen LogP contribution in [-0.4, -0.2) is 31.5 Å². The highest BCUT2D eigenvalue weighted by Crippen LogP contribution is 2.32. The van der Waals surface area contributed by atoms with Gasteiger partial charge in [-0.2, -0.15) is 0 Å².